The molecule has 0 spiro atoms. The number of carbonyl (C=O) groups is 1. The van der Waals surface area contributed by atoms with Gasteiger partial charge in [0.25, 0.3) is 0 Å². The van der Waals surface area contributed by atoms with E-state index in [0.29, 0.717) is 5.33 Å². The monoisotopic (exact) mass is 240 g/mol. The Balaban J connectivity index is 2.75. The smallest absolute Gasteiger partial charge is 0.173 e. The van der Waals surface area contributed by atoms with Crippen LogP contribution in [0.3, 0.4) is 0 Å². The third kappa shape index (κ3) is 2.96. The standard InChI is InChI=1S/C11H13BrO/c1-2-3-9-4-6-10(7-5-9)11(13)8-12/h4-7H,2-3,8H2,1H3. The Bertz CT molecular complexity index is 277. The second-order valence-electron chi connectivity index (χ2n) is 3.00. The van der Waals surface area contributed by atoms with Crippen LogP contribution in [0.4, 0.5) is 0 Å². The fourth-order valence-electron chi connectivity index (χ4n) is 1.22. The van der Waals surface area contributed by atoms with E-state index in [9.17, 15) is 4.79 Å². The summed E-state index contributed by atoms with van der Waals surface area (Å²) in [6.45, 7) is 2.15. The maximum absolute atomic E-state index is 11.2. The Labute approximate surface area is 87.3 Å². The van der Waals surface area contributed by atoms with E-state index < -0.39 is 0 Å². The first-order valence-corrected chi connectivity index (χ1v) is 5.58. The van der Waals surface area contributed by atoms with Crippen molar-refractivity contribution in [2.45, 2.75) is 19.8 Å². The van der Waals surface area contributed by atoms with Crippen LogP contribution >= 0.6 is 15.9 Å². The molecule has 0 aliphatic heterocycles. The van der Waals surface area contributed by atoms with Gasteiger partial charge in [0.15, 0.2) is 5.78 Å². The van der Waals surface area contributed by atoms with Crippen molar-refractivity contribution in [1.82, 2.24) is 0 Å². The number of hydrogen-bond acceptors (Lipinski definition) is 1. The van der Waals surface area contributed by atoms with Gasteiger partial charge in [-0.2, -0.15) is 0 Å². The summed E-state index contributed by atoms with van der Waals surface area (Å²) >= 11 is 3.15. The van der Waals surface area contributed by atoms with Gasteiger partial charge in [-0.25, -0.2) is 0 Å². The summed E-state index contributed by atoms with van der Waals surface area (Å²) in [5, 5.41) is 0.403. The Kier molecular flexibility index (Phi) is 4.16. The van der Waals surface area contributed by atoms with E-state index >= 15 is 0 Å². The predicted molar refractivity (Wildman–Crippen MR) is 58.6 cm³/mol. The normalized spacial score (nSPS) is 10.0. The van der Waals surface area contributed by atoms with Crippen molar-refractivity contribution in [2.75, 3.05) is 5.33 Å². The van der Waals surface area contributed by atoms with Crippen LogP contribution in [-0.4, -0.2) is 11.1 Å². The molecule has 0 atom stereocenters. The maximum atomic E-state index is 11.2. The van der Waals surface area contributed by atoms with Crippen LogP contribution in [0.15, 0.2) is 24.3 Å². The predicted octanol–water partition coefficient (Wildman–Crippen LogP) is 3.22. The van der Waals surface area contributed by atoms with Gasteiger partial charge in [-0.3, -0.25) is 4.79 Å². The number of hydrogen-bond donors (Lipinski definition) is 0. The van der Waals surface area contributed by atoms with Gasteiger partial charge in [-0.15, -0.1) is 0 Å². The summed E-state index contributed by atoms with van der Waals surface area (Å²) in [6.07, 6.45) is 2.23. The van der Waals surface area contributed by atoms with Crippen molar-refractivity contribution in [2.24, 2.45) is 0 Å². The fourth-order valence-corrected chi connectivity index (χ4v) is 1.55. The summed E-state index contributed by atoms with van der Waals surface area (Å²) < 4.78 is 0. The van der Waals surface area contributed by atoms with Crippen LogP contribution in [0.5, 0.6) is 0 Å². The van der Waals surface area contributed by atoms with Crippen LogP contribution in [0.25, 0.3) is 0 Å². The van der Waals surface area contributed by atoms with Crippen molar-refractivity contribution in [3.63, 3.8) is 0 Å². The molecule has 13 heavy (non-hydrogen) atoms. The third-order valence-electron chi connectivity index (χ3n) is 1.94. The highest BCUT2D eigenvalue weighted by atomic mass is 79.9. The molecule has 0 N–H and O–H groups in total. The maximum Gasteiger partial charge on any atom is 0.173 e. The molecular weight excluding hydrogens is 228 g/mol. The highest BCUT2D eigenvalue weighted by Crippen LogP contribution is 2.08. The number of rotatable bonds is 4. The quantitative estimate of drug-likeness (QED) is 0.584. The highest BCUT2D eigenvalue weighted by Gasteiger charge is 2.02. The summed E-state index contributed by atoms with van der Waals surface area (Å²) in [6, 6.07) is 7.85. The number of benzene rings is 1. The Morgan fingerprint density at radius 3 is 2.38 bits per heavy atom. The van der Waals surface area contributed by atoms with Gasteiger partial charge >= 0.3 is 0 Å². The minimum Gasteiger partial charge on any atom is -0.293 e. The highest BCUT2D eigenvalue weighted by molar-refractivity contribution is 9.09. The van der Waals surface area contributed by atoms with Gasteiger partial charge in [0.1, 0.15) is 0 Å². The molecule has 2 heteroatoms. The molecule has 0 saturated carbocycles. The molecule has 70 valence electrons. The van der Waals surface area contributed by atoms with E-state index in [2.05, 4.69) is 22.9 Å². The first kappa shape index (κ1) is 10.5. The van der Waals surface area contributed by atoms with Gasteiger partial charge in [0.05, 0.1) is 5.33 Å². The summed E-state index contributed by atoms with van der Waals surface area (Å²) in [5.74, 6) is 0.142. The third-order valence-corrected chi connectivity index (χ3v) is 2.45. The molecule has 1 aromatic carbocycles. The Morgan fingerprint density at radius 1 is 1.31 bits per heavy atom. The van der Waals surface area contributed by atoms with E-state index in [1.807, 2.05) is 24.3 Å². The molecule has 0 aliphatic rings. The molecule has 0 heterocycles. The molecule has 1 nitrogen and oxygen atoms in total. The van der Waals surface area contributed by atoms with Crippen LogP contribution in [0.2, 0.25) is 0 Å². The van der Waals surface area contributed by atoms with Crippen molar-refractivity contribution in [1.29, 1.82) is 0 Å². The molecule has 0 fully saturated rings. The molecule has 1 aromatic rings. The average molecular weight is 241 g/mol. The lowest BCUT2D eigenvalue weighted by atomic mass is 10.1. The van der Waals surface area contributed by atoms with Crippen molar-refractivity contribution >= 4 is 21.7 Å². The van der Waals surface area contributed by atoms with Crippen LogP contribution in [0, 0.1) is 0 Å². The molecule has 0 amide bonds. The zero-order valence-electron chi connectivity index (χ0n) is 7.72. The zero-order chi connectivity index (χ0) is 9.68. The van der Waals surface area contributed by atoms with Crippen LogP contribution in [0.1, 0.15) is 29.3 Å². The van der Waals surface area contributed by atoms with Gasteiger partial charge in [0.2, 0.25) is 0 Å². The van der Waals surface area contributed by atoms with Crippen molar-refractivity contribution in [3.8, 4) is 0 Å². The van der Waals surface area contributed by atoms with Crippen molar-refractivity contribution < 1.29 is 4.79 Å². The first-order valence-electron chi connectivity index (χ1n) is 4.46. The van der Waals surface area contributed by atoms with Gasteiger partial charge in [-0.05, 0) is 12.0 Å². The van der Waals surface area contributed by atoms with E-state index in [-0.39, 0.29) is 5.78 Å². The van der Waals surface area contributed by atoms with E-state index in [1.165, 1.54) is 5.56 Å². The molecule has 0 bridgehead atoms. The van der Waals surface area contributed by atoms with Gasteiger partial charge in [0, 0.05) is 5.56 Å². The van der Waals surface area contributed by atoms with Crippen molar-refractivity contribution in [3.05, 3.63) is 35.4 Å². The lowest BCUT2D eigenvalue weighted by molar-refractivity contribution is 0.102. The first-order chi connectivity index (χ1) is 6.27. The van der Waals surface area contributed by atoms with E-state index in [0.717, 1.165) is 18.4 Å². The number of ketones is 1. The van der Waals surface area contributed by atoms with Crippen LogP contribution in [-0.2, 0) is 6.42 Å². The summed E-state index contributed by atoms with van der Waals surface area (Å²) in [4.78, 5) is 11.2. The van der Waals surface area contributed by atoms with Crippen LogP contribution < -0.4 is 0 Å². The minimum atomic E-state index is 0.142. The largest absolute Gasteiger partial charge is 0.293 e. The van der Waals surface area contributed by atoms with E-state index in [1.54, 1.807) is 0 Å². The second-order valence-corrected chi connectivity index (χ2v) is 3.56. The molecule has 0 saturated heterocycles. The second kappa shape index (κ2) is 5.18. The number of Topliss-reactive ketones (excluding diaryl/α,β-unsaturated/α-hetero) is 1. The number of aryl methyl sites for hydroxylation is 1. The van der Waals surface area contributed by atoms with Gasteiger partial charge in [-0.1, -0.05) is 53.5 Å². The minimum absolute atomic E-state index is 0.142. The molecule has 0 aromatic heterocycles. The number of carbonyl (C=O) groups excluding carboxylic acids is 1. The number of alkyl halides is 1. The molecule has 0 radical (unpaired) electrons. The Morgan fingerprint density at radius 2 is 1.92 bits per heavy atom. The average Bonchev–Trinajstić information content (AvgIpc) is 2.18. The van der Waals surface area contributed by atoms with Gasteiger partial charge < -0.3 is 0 Å². The summed E-state index contributed by atoms with van der Waals surface area (Å²) in [5.41, 5.74) is 2.09. The lowest BCUT2D eigenvalue weighted by Gasteiger charge is -2.00. The molecule has 1 rings (SSSR count). The Hall–Kier alpha value is -0.630. The molecule has 0 aliphatic carbocycles. The topological polar surface area (TPSA) is 17.1 Å². The van der Waals surface area contributed by atoms with E-state index in [4.69, 9.17) is 0 Å². The summed E-state index contributed by atoms with van der Waals surface area (Å²) in [7, 11) is 0. The molecule has 0 unspecified atom stereocenters. The molecular formula is C11H13BrO. The number of halogens is 1. The lowest BCUT2D eigenvalue weighted by Crippen LogP contribution is -1.99. The fraction of sp³-hybridized carbons (Fsp3) is 0.364. The SMILES string of the molecule is CCCc1ccc(C(=O)CBr)cc1. The zero-order valence-corrected chi connectivity index (χ0v) is 9.30.